The molecule has 1 aromatic heterocycles. The average Bonchev–Trinajstić information content (AvgIpc) is 2.40. The molecule has 92 valence electrons. The van der Waals surface area contributed by atoms with E-state index in [0.717, 1.165) is 23.1 Å². The zero-order valence-electron chi connectivity index (χ0n) is 9.91. The third-order valence-electron chi connectivity index (χ3n) is 3.30. The van der Waals surface area contributed by atoms with E-state index in [4.69, 9.17) is 4.42 Å². The first-order valence-electron chi connectivity index (χ1n) is 6.17. The van der Waals surface area contributed by atoms with E-state index in [1.54, 1.807) is 12.1 Å². The minimum absolute atomic E-state index is 0.0269. The van der Waals surface area contributed by atoms with E-state index in [-0.39, 0.29) is 5.43 Å². The number of rotatable bonds is 1. The van der Waals surface area contributed by atoms with Gasteiger partial charge in [0.2, 0.25) is 0 Å². The van der Waals surface area contributed by atoms with E-state index in [1.165, 1.54) is 18.4 Å². The molecule has 3 rings (SSSR count). The minimum atomic E-state index is 0.0269. The molecule has 0 unspecified atom stereocenters. The van der Waals surface area contributed by atoms with Crippen LogP contribution < -0.4 is 5.43 Å². The Kier molecular flexibility index (Phi) is 3.08. The highest BCUT2D eigenvalue weighted by atomic mass is 79.9. The monoisotopic (exact) mass is 304 g/mol. The van der Waals surface area contributed by atoms with Crippen LogP contribution in [0.25, 0.3) is 16.5 Å². The molecule has 0 spiro atoms. The molecule has 0 amide bonds. The lowest BCUT2D eigenvalue weighted by Gasteiger charge is -2.12. The Balaban J connectivity index is 2.18. The summed E-state index contributed by atoms with van der Waals surface area (Å²) in [5, 5.41) is 0.629. The second-order valence-corrected chi connectivity index (χ2v) is 5.51. The number of hydrogen-bond acceptors (Lipinski definition) is 2. The number of benzene rings is 1. The van der Waals surface area contributed by atoms with Crippen LogP contribution in [-0.4, -0.2) is 0 Å². The molecule has 0 aliphatic heterocycles. The van der Waals surface area contributed by atoms with E-state index in [2.05, 4.69) is 22.0 Å². The van der Waals surface area contributed by atoms with Crippen molar-refractivity contribution in [3.8, 4) is 0 Å². The van der Waals surface area contributed by atoms with Crippen LogP contribution in [0.1, 0.15) is 31.4 Å². The molecule has 1 aliphatic carbocycles. The molecule has 1 aromatic carbocycles. The van der Waals surface area contributed by atoms with Crippen LogP contribution in [0.3, 0.4) is 0 Å². The number of fused-ring (bicyclic) bond motifs is 1. The summed E-state index contributed by atoms with van der Waals surface area (Å²) in [5.74, 6) is 0.731. The van der Waals surface area contributed by atoms with Gasteiger partial charge in [0.05, 0.1) is 5.39 Å². The van der Waals surface area contributed by atoms with Gasteiger partial charge in [-0.3, -0.25) is 4.79 Å². The van der Waals surface area contributed by atoms with Gasteiger partial charge in [-0.25, -0.2) is 0 Å². The molecule has 0 N–H and O–H groups in total. The van der Waals surface area contributed by atoms with Crippen LogP contribution in [-0.2, 0) is 0 Å². The summed E-state index contributed by atoms with van der Waals surface area (Å²) in [4.78, 5) is 12.1. The van der Waals surface area contributed by atoms with Crippen LogP contribution in [0, 0.1) is 0 Å². The Morgan fingerprint density at radius 3 is 2.83 bits per heavy atom. The van der Waals surface area contributed by atoms with Crippen molar-refractivity contribution in [2.45, 2.75) is 25.7 Å². The van der Waals surface area contributed by atoms with Gasteiger partial charge in [-0.1, -0.05) is 22.0 Å². The summed E-state index contributed by atoms with van der Waals surface area (Å²) in [6.07, 6.45) is 6.68. The van der Waals surface area contributed by atoms with Gasteiger partial charge in [-0.2, -0.15) is 0 Å². The first-order chi connectivity index (χ1) is 8.74. The number of allylic oxidation sites excluding steroid dienone is 2. The Morgan fingerprint density at radius 1 is 1.17 bits per heavy atom. The van der Waals surface area contributed by atoms with Gasteiger partial charge in [-0.05, 0) is 49.5 Å². The van der Waals surface area contributed by atoms with Gasteiger partial charge in [0.1, 0.15) is 11.3 Å². The Morgan fingerprint density at radius 2 is 2.06 bits per heavy atom. The fourth-order valence-corrected chi connectivity index (χ4v) is 2.71. The highest BCUT2D eigenvalue weighted by molar-refractivity contribution is 9.10. The zero-order valence-corrected chi connectivity index (χ0v) is 11.5. The second-order valence-electron chi connectivity index (χ2n) is 4.59. The van der Waals surface area contributed by atoms with Crippen molar-refractivity contribution in [2.24, 2.45) is 0 Å². The van der Waals surface area contributed by atoms with E-state index in [1.807, 2.05) is 12.1 Å². The fourth-order valence-electron chi connectivity index (χ4n) is 2.35. The van der Waals surface area contributed by atoms with Crippen molar-refractivity contribution >= 4 is 32.5 Å². The largest absolute Gasteiger partial charge is 0.456 e. The average molecular weight is 305 g/mol. The molecular weight excluding hydrogens is 292 g/mol. The van der Waals surface area contributed by atoms with Gasteiger partial charge in [0, 0.05) is 10.5 Å². The molecule has 0 atom stereocenters. The molecule has 2 aromatic rings. The molecule has 0 saturated carbocycles. The first kappa shape index (κ1) is 11.7. The maximum absolute atomic E-state index is 12.1. The molecule has 0 bridgehead atoms. The maximum atomic E-state index is 12.1. The van der Waals surface area contributed by atoms with Gasteiger partial charge >= 0.3 is 0 Å². The topological polar surface area (TPSA) is 30.2 Å². The lowest BCUT2D eigenvalue weighted by molar-refractivity contribution is 0.576. The van der Waals surface area contributed by atoms with E-state index in [9.17, 15) is 4.79 Å². The SMILES string of the molecule is O=c1cc(C2=CCCCC2)oc2ccc(Br)cc12. The Hall–Kier alpha value is -1.35. The first-order valence-corrected chi connectivity index (χ1v) is 6.96. The van der Waals surface area contributed by atoms with Crippen molar-refractivity contribution in [1.82, 2.24) is 0 Å². The minimum Gasteiger partial charge on any atom is -0.456 e. The lowest BCUT2D eigenvalue weighted by atomic mass is 9.97. The summed E-state index contributed by atoms with van der Waals surface area (Å²) in [6, 6.07) is 7.16. The zero-order chi connectivity index (χ0) is 12.5. The molecule has 0 saturated heterocycles. The van der Waals surface area contributed by atoms with Crippen molar-refractivity contribution in [1.29, 1.82) is 0 Å². The molecule has 1 heterocycles. The summed E-state index contributed by atoms with van der Waals surface area (Å²) in [7, 11) is 0. The standard InChI is InChI=1S/C15H13BrO2/c16-11-6-7-14-12(8-11)13(17)9-15(18-14)10-4-2-1-3-5-10/h4,6-9H,1-3,5H2. The highest BCUT2D eigenvalue weighted by Crippen LogP contribution is 2.28. The summed E-state index contributed by atoms with van der Waals surface area (Å²) < 4.78 is 6.74. The van der Waals surface area contributed by atoms with Gasteiger partial charge in [-0.15, -0.1) is 0 Å². The number of hydrogen-bond donors (Lipinski definition) is 0. The summed E-state index contributed by atoms with van der Waals surface area (Å²) >= 11 is 3.37. The third-order valence-corrected chi connectivity index (χ3v) is 3.79. The quantitative estimate of drug-likeness (QED) is 0.776. The van der Waals surface area contributed by atoms with Crippen LogP contribution in [0.4, 0.5) is 0 Å². The van der Waals surface area contributed by atoms with Crippen molar-refractivity contribution in [2.75, 3.05) is 0 Å². The second kappa shape index (κ2) is 4.73. The summed E-state index contributed by atoms with van der Waals surface area (Å²) in [6.45, 7) is 0. The molecule has 0 radical (unpaired) electrons. The fraction of sp³-hybridized carbons (Fsp3) is 0.267. The molecule has 3 heteroatoms. The van der Waals surface area contributed by atoms with Crippen molar-refractivity contribution in [3.63, 3.8) is 0 Å². The third kappa shape index (κ3) is 2.15. The molecular formula is C15H13BrO2. The number of halogens is 1. The molecule has 1 aliphatic rings. The normalized spacial score (nSPS) is 15.7. The predicted octanol–water partition coefficient (Wildman–Crippen LogP) is 4.51. The van der Waals surface area contributed by atoms with Crippen LogP contribution in [0.2, 0.25) is 0 Å². The van der Waals surface area contributed by atoms with Crippen LogP contribution in [0.5, 0.6) is 0 Å². The van der Waals surface area contributed by atoms with Crippen molar-refractivity contribution in [3.05, 3.63) is 50.8 Å². The highest BCUT2D eigenvalue weighted by Gasteiger charge is 2.11. The van der Waals surface area contributed by atoms with Crippen molar-refractivity contribution < 1.29 is 4.42 Å². The van der Waals surface area contributed by atoms with E-state index < -0.39 is 0 Å². The Labute approximate surface area is 113 Å². The smallest absolute Gasteiger partial charge is 0.193 e. The maximum Gasteiger partial charge on any atom is 0.193 e. The van der Waals surface area contributed by atoms with Crippen LogP contribution >= 0.6 is 15.9 Å². The Bertz CT molecular complexity index is 682. The molecule has 18 heavy (non-hydrogen) atoms. The lowest BCUT2D eigenvalue weighted by Crippen LogP contribution is -2.03. The van der Waals surface area contributed by atoms with Gasteiger partial charge < -0.3 is 4.42 Å². The van der Waals surface area contributed by atoms with E-state index in [0.29, 0.717) is 11.0 Å². The van der Waals surface area contributed by atoms with Crippen LogP contribution in [0.15, 0.2) is 44.0 Å². The molecule has 2 nitrogen and oxygen atoms in total. The predicted molar refractivity (Wildman–Crippen MR) is 76.6 cm³/mol. The van der Waals surface area contributed by atoms with Gasteiger partial charge in [0.25, 0.3) is 0 Å². The van der Waals surface area contributed by atoms with Gasteiger partial charge in [0.15, 0.2) is 5.43 Å². The summed E-state index contributed by atoms with van der Waals surface area (Å²) in [5.41, 5.74) is 1.86. The molecule has 0 fully saturated rings. The van der Waals surface area contributed by atoms with E-state index >= 15 is 0 Å².